The highest BCUT2D eigenvalue weighted by molar-refractivity contribution is 5.89. The van der Waals surface area contributed by atoms with Gasteiger partial charge in [0, 0.05) is 29.1 Å². The number of carbonyl (C=O) groups excluding carboxylic acids is 1. The van der Waals surface area contributed by atoms with Crippen molar-refractivity contribution in [2.75, 3.05) is 7.11 Å². The van der Waals surface area contributed by atoms with Crippen LogP contribution in [-0.2, 0) is 23.3 Å². The molecule has 0 radical (unpaired) electrons. The lowest BCUT2D eigenvalue weighted by molar-refractivity contribution is -0.143. The van der Waals surface area contributed by atoms with Crippen molar-refractivity contribution < 1.29 is 63.7 Å². The average Bonchev–Trinajstić information content (AvgIpc) is 3.63. The van der Waals surface area contributed by atoms with Crippen molar-refractivity contribution in [2.45, 2.75) is 56.5 Å². The molecule has 0 bridgehead atoms. The minimum absolute atomic E-state index is 0.0125. The molecule has 2 aliphatic rings. The molecule has 6 rings (SSSR count). The van der Waals surface area contributed by atoms with E-state index >= 15 is 0 Å². The van der Waals surface area contributed by atoms with E-state index in [4.69, 9.17) is 9.47 Å². The first kappa shape index (κ1) is 35.5. The molecule has 2 fully saturated rings. The van der Waals surface area contributed by atoms with Gasteiger partial charge in [-0.15, -0.1) is 0 Å². The molecule has 1 amide bonds. The van der Waals surface area contributed by atoms with Crippen molar-refractivity contribution in [3.05, 3.63) is 100.0 Å². The fraction of sp³-hybridized carbons (Fsp3) is 0.294. The molecule has 0 spiro atoms. The number of cyclic esters (lactones) is 1. The Labute approximate surface area is 282 Å². The smallest absolute Gasteiger partial charge is 0.433 e. The number of hydrogen-bond donors (Lipinski definition) is 1. The van der Waals surface area contributed by atoms with Crippen LogP contribution in [-0.4, -0.2) is 45.2 Å². The van der Waals surface area contributed by atoms with Crippen LogP contribution in [0.15, 0.2) is 60.9 Å². The predicted octanol–water partition coefficient (Wildman–Crippen LogP) is 9.28. The van der Waals surface area contributed by atoms with E-state index in [0.29, 0.717) is 34.9 Å². The number of carboxylic acids is 1. The maximum Gasteiger partial charge on any atom is 0.433 e. The monoisotopic (exact) mass is 725 g/mol. The summed E-state index contributed by atoms with van der Waals surface area (Å²) >= 11 is 0. The fourth-order valence-electron chi connectivity index (χ4n) is 6.59. The number of halogens is 9. The summed E-state index contributed by atoms with van der Waals surface area (Å²) in [6.07, 6.45) is -15.8. The summed E-state index contributed by atoms with van der Waals surface area (Å²) in [6.45, 7) is 1.65. The zero-order valence-corrected chi connectivity index (χ0v) is 26.2. The Bertz CT molecular complexity index is 2010. The van der Waals surface area contributed by atoms with Gasteiger partial charge in [-0.25, -0.2) is 14.6 Å². The maximum absolute atomic E-state index is 14.0. The van der Waals surface area contributed by atoms with Crippen molar-refractivity contribution >= 4 is 12.1 Å². The van der Waals surface area contributed by atoms with E-state index in [1.54, 1.807) is 6.92 Å². The fourth-order valence-corrected chi connectivity index (χ4v) is 6.59. The number of carboxylic acid groups (broad SMARTS) is 1. The molecule has 0 saturated carbocycles. The number of amides is 1. The van der Waals surface area contributed by atoms with Crippen molar-refractivity contribution in [3.8, 4) is 28.1 Å². The standard InChI is InChI=1S/C34H24F9N3O5/c1-15-7-16(30(47)48)3-4-21(15)18-10-23(29(50-2)45-13-18)24-14-44-27(34(41,42)43)12-22(24)25-5-6-26-28(51-31(49)46(25)26)17-8-19(32(35,36)37)11-20(9-17)33(38,39)40/h3-4,7-14,25-26,28H,5-6H2,1-2H3,(H,47,48)/t25-,26-,28+/m0/s1. The number of ether oxygens (including phenoxy) is 2. The normalized spacial score (nSPS) is 19.2. The first-order valence-corrected chi connectivity index (χ1v) is 15.0. The second-order valence-corrected chi connectivity index (χ2v) is 12.0. The predicted molar refractivity (Wildman–Crippen MR) is 159 cm³/mol. The summed E-state index contributed by atoms with van der Waals surface area (Å²) in [5.74, 6) is -1.22. The number of nitrogens with zero attached hydrogens (tertiary/aromatic N) is 3. The van der Waals surface area contributed by atoms with Crippen LogP contribution < -0.4 is 4.74 Å². The number of hydrogen-bond acceptors (Lipinski definition) is 6. The molecule has 2 aliphatic heterocycles. The molecule has 2 aromatic heterocycles. The summed E-state index contributed by atoms with van der Waals surface area (Å²) in [5, 5.41) is 9.36. The van der Waals surface area contributed by atoms with E-state index in [1.807, 2.05) is 0 Å². The van der Waals surface area contributed by atoms with Gasteiger partial charge in [-0.05, 0) is 84.5 Å². The highest BCUT2D eigenvalue weighted by Gasteiger charge is 2.52. The Morgan fingerprint density at radius 3 is 2.08 bits per heavy atom. The van der Waals surface area contributed by atoms with E-state index < -0.39 is 71.2 Å². The largest absolute Gasteiger partial charge is 0.481 e. The van der Waals surface area contributed by atoms with Gasteiger partial charge in [0.1, 0.15) is 11.8 Å². The molecule has 1 N–H and O–H groups in total. The molecule has 0 aliphatic carbocycles. The third kappa shape index (κ3) is 6.63. The molecular formula is C34H24F9N3O5. The second-order valence-electron chi connectivity index (χ2n) is 12.0. The van der Waals surface area contributed by atoms with Crippen LogP contribution in [0.1, 0.15) is 68.9 Å². The Balaban J connectivity index is 1.46. The zero-order valence-electron chi connectivity index (χ0n) is 26.2. The van der Waals surface area contributed by atoms with Crippen LogP contribution in [0.3, 0.4) is 0 Å². The van der Waals surface area contributed by atoms with Gasteiger partial charge in [0.25, 0.3) is 0 Å². The summed E-state index contributed by atoms with van der Waals surface area (Å²) < 4.78 is 135. The third-order valence-corrected chi connectivity index (χ3v) is 8.86. The first-order valence-electron chi connectivity index (χ1n) is 15.0. The van der Waals surface area contributed by atoms with Crippen LogP contribution >= 0.6 is 0 Å². The van der Waals surface area contributed by atoms with Gasteiger partial charge >= 0.3 is 30.6 Å². The number of methoxy groups -OCH3 is 1. The second kappa shape index (κ2) is 12.5. The molecule has 268 valence electrons. The van der Waals surface area contributed by atoms with Gasteiger partial charge in [0.05, 0.1) is 35.9 Å². The number of pyridine rings is 2. The van der Waals surface area contributed by atoms with E-state index in [-0.39, 0.29) is 47.0 Å². The average molecular weight is 726 g/mol. The molecule has 2 saturated heterocycles. The van der Waals surface area contributed by atoms with Gasteiger partial charge in [-0.3, -0.25) is 9.88 Å². The molecule has 17 heteroatoms. The number of carbonyl (C=O) groups is 2. The van der Waals surface area contributed by atoms with Crippen LogP contribution in [0, 0.1) is 6.92 Å². The molecule has 51 heavy (non-hydrogen) atoms. The molecule has 8 nitrogen and oxygen atoms in total. The topological polar surface area (TPSA) is 102 Å². The number of rotatable bonds is 6. The lowest BCUT2D eigenvalue weighted by Crippen LogP contribution is -2.31. The number of aromatic nitrogens is 2. The molecule has 0 unspecified atom stereocenters. The zero-order chi connectivity index (χ0) is 37.2. The Kier molecular flexibility index (Phi) is 8.66. The number of aryl methyl sites for hydroxylation is 1. The number of fused-ring (bicyclic) bond motifs is 1. The Morgan fingerprint density at radius 1 is 0.843 bits per heavy atom. The molecule has 4 heterocycles. The van der Waals surface area contributed by atoms with Crippen LogP contribution in [0.5, 0.6) is 5.88 Å². The van der Waals surface area contributed by atoms with E-state index in [2.05, 4.69) is 9.97 Å². The minimum Gasteiger partial charge on any atom is -0.481 e. The van der Waals surface area contributed by atoms with E-state index in [1.165, 1.54) is 37.6 Å². The van der Waals surface area contributed by atoms with Gasteiger partial charge in [-0.2, -0.15) is 39.5 Å². The number of benzene rings is 2. The minimum atomic E-state index is -5.17. The van der Waals surface area contributed by atoms with Crippen molar-refractivity contribution in [2.24, 2.45) is 0 Å². The van der Waals surface area contributed by atoms with Gasteiger partial charge in [0.2, 0.25) is 5.88 Å². The van der Waals surface area contributed by atoms with E-state index in [0.717, 1.165) is 11.1 Å². The van der Waals surface area contributed by atoms with Gasteiger partial charge in [-0.1, -0.05) is 6.07 Å². The Hall–Kier alpha value is -5.35. The lowest BCUT2D eigenvalue weighted by atomic mass is 9.92. The summed E-state index contributed by atoms with van der Waals surface area (Å²) in [4.78, 5) is 33.7. The lowest BCUT2D eigenvalue weighted by Gasteiger charge is -2.26. The maximum atomic E-state index is 14.0. The van der Waals surface area contributed by atoms with Crippen LogP contribution in [0.2, 0.25) is 0 Å². The van der Waals surface area contributed by atoms with Crippen molar-refractivity contribution in [1.82, 2.24) is 14.9 Å². The van der Waals surface area contributed by atoms with Crippen molar-refractivity contribution in [1.29, 1.82) is 0 Å². The Morgan fingerprint density at radius 2 is 1.51 bits per heavy atom. The summed E-state index contributed by atoms with van der Waals surface area (Å²) in [5.41, 5.74) is -3.58. The molecule has 3 atom stereocenters. The molecule has 4 aromatic rings. The highest BCUT2D eigenvalue weighted by Crippen LogP contribution is 2.51. The van der Waals surface area contributed by atoms with Crippen LogP contribution in [0.25, 0.3) is 22.3 Å². The summed E-state index contributed by atoms with van der Waals surface area (Å²) in [7, 11) is 1.26. The SMILES string of the molecule is COc1ncc(-c2ccc(C(=O)O)cc2C)cc1-c1cnc(C(F)(F)F)cc1[C@@H]1CC[C@H]2[C@@H](c3cc(C(F)(F)F)cc(C(F)(F)F)c3)OC(=O)N12. The third-order valence-electron chi connectivity index (χ3n) is 8.86. The van der Waals surface area contributed by atoms with Gasteiger partial charge in [0.15, 0.2) is 0 Å². The van der Waals surface area contributed by atoms with Crippen LogP contribution in [0.4, 0.5) is 44.3 Å². The number of alkyl halides is 9. The first-order chi connectivity index (χ1) is 23.8. The quantitative estimate of drug-likeness (QED) is 0.198. The van der Waals surface area contributed by atoms with Crippen molar-refractivity contribution in [3.63, 3.8) is 0 Å². The highest BCUT2D eigenvalue weighted by atomic mass is 19.4. The summed E-state index contributed by atoms with van der Waals surface area (Å²) in [6, 6.07) is 5.07. The molecular weight excluding hydrogens is 701 g/mol. The molecule has 2 aromatic carbocycles. The van der Waals surface area contributed by atoms with E-state index in [9.17, 15) is 54.2 Å². The number of aromatic carboxylic acids is 1. The van der Waals surface area contributed by atoms with Gasteiger partial charge < -0.3 is 14.6 Å².